The molecule has 2 rings (SSSR count). The first-order valence-corrected chi connectivity index (χ1v) is 8.66. The van der Waals surface area contributed by atoms with Gasteiger partial charge in [0.15, 0.2) is 11.4 Å². The Bertz CT molecular complexity index is 751. The number of amidine groups is 1. The van der Waals surface area contributed by atoms with Crippen LogP contribution in [0.4, 0.5) is 11.4 Å². The van der Waals surface area contributed by atoms with E-state index in [1.54, 1.807) is 29.2 Å². The van der Waals surface area contributed by atoms with Crippen molar-refractivity contribution in [2.24, 2.45) is 4.99 Å². The van der Waals surface area contributed by atoms with Crippen molar-refractivity contribution in [1.29, 1.82) is 5.26 Å². The fraction of sp³-hybridized carbons (Fsp3) is 0.167. The lowest BCUT2D eigenvalue weighted by molar-refractivity contribution is 0.0988. The molecule has 0 spiro atoms. The Hall–Kier alpha value is -2.78. The topological polar surface area (TPSA) is 68.5 Å². The highest BCUT2D eigenvalue weighted by Crippen LogP contribution is 2.19. The number of carbonyl (C=O) groups is 1. The molecule has 0 heterocycles. The van der Waals surface area contributed by atoms with Crippen molar-refractivity contribution in [2.45, 2.75) is 6.92 Å². The van der Waals surface area contributed by atoms with Gasteiger partial charge < -0.3 is 4.90 Å². The monoisotopic (exact) mass is 338 g/mol. The third-order valence-electron chi connectivity index (χ3n) is 3.33. The summed E-state index contributed by atoms with van der Waals surface area (Å²) in [6.07, 6.45) is 3.68. The Balaban J connectivity index is 2.21. The van der Waals surface area contributed by atoms with Crippen LogP contribution in [0.15, 0.2) is 59.6 Å². The number of nitrogens with zero attached hydrogens (tertiary/aromatic N) is 3. The number of hydrogen-bond acceptors (Lipinski definition) is 4. The van der Waals surface area contributed by atoms with Crippen LogP contribution in [-0.2, 0) is 0 Å². The van der Waals surface area contributed by atoms with Crippen molar-refractivity contribution in [3.05, 3.63) is 60.2 Å². The molecule has 0 aliphatic rings. The summed E-state index contributed by atoms with van der Waals surface area (Å²) in [7, 11) is 0. The van der Waals surface area contributed by atoms with Crippen LogP contribution in [0, 0.1) is 11.5 Å². The molecule has 5 nitrogen and oxygen atoms in total. The molecule has 2 aromatic rings. The second-order valence-electron chi connectivity index (χ2n) is 4.79. The number of nitriles is 1. The molecule has 2 aromatic carbocycles. The quantitative estimate of drug-likeness (QED) is 0.399. The predicted octanol–water partition coefficient (Wildman–Crippen LogP) is 3.77. The molecule has 1 amide bonds. The van der Waals surface area contributed by atoms with Crippen molar-refractivity contribution in [1.82, 2.24) is 5.32 Å². The number of thioether (sulfide) groups is 1. The van der Waals surface area contributed by atoms with E-state index in [2.05, 4.69) is 10.3 Å². The lowest BCUT2D eigenvalue weighted by atomic mass is 10.1. The van der Waals surface area contributed by atoms with Crippen molar-refractivity contribution in [3.63, 3.8) is 0 Å². The van der Waals surface area contributed by atoms with Crippen LogP contribution in [0.1, 0.15) is 17.3 Å². The average molecular weight is 338 g/mol. The molecule has 0 radical (unpaired) electrons. The van der Waals surface area contributed by atoms with Crippen molar-refractivity contribution < 1.29 is 4.79 Å². The minimum Gasteiger partial charge on any atom is -0.309 e. The molecule has 0 saturated heterocycles. The third kappa shape index (κ3) is 4.37. The number of carbonyl (C=O) groups excluding carboxylic acids is 1. The number of hydrogen-bond donors (Lipinski definition) is 1. The van der Waals surface area contributed by atoms with Gasteiger partial charge in [0.2, 0.25) is 0 Å². The summed E-state index contributed by atoms with van der Waals surface area (Å²) < 4.78 is 0. The zero-order chi connectivity index (χ0) is 17.4. The van der Waals surface area contributed by atoms with E-state index in [1.807, 2.05) is 49.7 Å². The van der Waals surface area contributed by atoms with E-state index in [0.29, 0.717) is 23.0 Å². The van der Waals surface area contributed by atoms with Crippen LogP contribution in [-0.4, -0.2) is 23.9 Å². The molecule has 0 atom stereocenters. The van der Waals surface area contributed by atoms with E-state index in [9.17, 15) is 4.79 Å². The zero-order valence-corrected chi connectivity index (χ0v) is 14.4. The molecular weight excluding hydrogens is 320 g/mol. The van der Waals surface area contributed by atoms with E-state index < -0.39 is 0 Å². The van der Waals surface area contributed by atoms with Crippen LogP contribution < -0.4 is 10.2 Å². The molecular formula is C18H18N4OS. The number of aliphatic imine (C=N–C) groups is 1. The second-order valence-corrected chi connectivity index (χ2v) is 5.58. The van der Waals surface area contributed by atoms with Crippen LogP contribution >= 0.6 is 11.8 Å². The largest absolute Gasteiger partial charge is 0.309 e. The molecule has 122 valence electrons. The van der Waals surface area contributed by atoms with E-state index in [4.69, 9.17) is 5.26 Å². The van der Waals surface area contributed by atoms with E-state index in [-0.39, 0.29) is 5.91 Å². The lowest BCUT2D eigenvalue weighted by Gasteiger charge is -2.21. The van der Waals surface area contributed by atoms with Gasteiger partial charge in [-0.3, -0.25) is 10.1 Å². The van der Waals surface area contributed by atoms with Gasteiger partial charge in [0, 0.05) is 17.8 Å². The molecule has 0 unspecified atom stereocenters. The lowest BCUT2D eigenvalue weighted by Crippen LogP contribution is -2.30. The van der Waals surface area contributed by atoms with E-state index in [1.165, 1.54) is 11.8 Å². The summed E-state index contributed by atoms with van der Waals surface area (Å²) in [5, 5.41) is 11.7. The van der Waals surface area contributed by atoms with Gasteiger partial charge in [-0.2, -0.15) is 5.26 Å². The van der Waals surface area contributed by atoms with Crippen LogP contribution in [0.25, 0.3) is 0 Å². The molecule has 24 heavy (non-hydrogen) atoms. The van der Waals surface area contributed by atoms with Gasteiger partial charge in [0.1, 0.15) is 0 Å². The SMILES string of the molecule is CCN(C(=O)c1ccc(N=C(NC#N)SC)cc1)c1ccccc1. The Morgan fingerprint density at radius 2 is 1.88 bits per heavy atom. The van der Waals surface area contributed by atoms with Crippen molar-refractivity contribution >= 4 is 34.2 Å². The third-order valence-corrected chi connectivity index (χ3v) is 3.91. The van der Waals surface area contributed by atoms with Crippen LogP contribution in [0.3, 0.4) is 0 Å². The highest BCUT2D eigenvalue weighted by molar-refractivity contribution is 8.13. The standard InChI is InChI=1S/C18H18N4OS/c1-3-22(16-7-5-4-6-8-16)17(23)14-9-11-15(12-10-14)21-18(24-2)20-13-19/h4-12H,3H2,1-2H3,(H,20,21). The van der Waals surface area contributed by atoms with Gasteiger partial charge in [0.25, 0.3) is 5.91 Å². The summed E-state index contributed by atoms with van der Waals surface area (Å²) in [4.78, 5) is 18.7. The number of amides is 1. The number of para-hydroxylation sites is 1. The minimum absolute atomic E-state index is 0.0560. The normalized spacial score (nSPS) is 10.8. The van der Waals surface area contributed by atoms with E-state index >= 15 is 0 Å². The Morgan fingerprint density at radius 1 is 1.21 bits per heavy atom. The summed E-state index contributed by atoms with van der Waals surface area (Å²) >= 11 is 1.35. The smallest absolute Gasteiger partial charge is 0.258 e. The first-order chi connectivity index (χ1) is 11.7. The first kappa shape index (κ1) is 17.6. The zero-order valence-electron chi connectivity index (χ0n) is 13.6. The summed E-state index contributed by atoms with van der Waals surface area (Å²) in [6.45, 7) is 2.54. The second kappa shape index (κ2) is 8.75. The minimum atomic E-state index is -0.0560. The molecule has 0 aromatic heterocycles. The fourth-order valence-electron chi connectivity index (χ4n) is 2.18. The number of rotatable bonds is 4. The predicted molar refractivity (Wildman–Crippen MR) is 99.6 cm³/mol. The molecule has 0 aliphatic carbocycles. The van der Waals surface area contributed by atoms with Crippen molar-refractivity contribution in [2.75, 3.05) is 17.7 Å². The fourth-order valence-corrected chi connectivity index (χ4v) is 2.52. The molecule has 1 N–H and O–H groups in total. The van der Waals surface area contributed by atoms with Crippen LogP contribution in [0.2, 0.25) is 0 Å². The summed E-state index contributed by atoms with van der Waals surface area (Å²) in [5.41, 5.74) is 2.15. The van der Waals surface area contributed by atoms with Gasteiger partial charge >= 0.3 is 0 Å². The Morgan fingerprint density at radius 3 is 2.42 bits per heavy atom. The molecule has 0 saturated carbocycles. The van der Waals surface area contributed by atoms with Gasteiger partial charge in [-0.1, -0.05) is 30.0 Å². The highest BCUT2D eigenvalue weighted by Gasteiger charge is 2.15. The maximum atomic E-state index is 12.7. The van der Waals surface area contributed by atoms with Crippen LogP contribution in [0.5, 0.6) is 0 Å². The van der Waals surface area contributed by atoms with Crippen molar-refractivity contribution in [3.8, 4) is 6.19 Å². The Kier molecular flexibility index (Phi) is 6.41. The number of benzene rings is 2. The summed E-state index contributed by atoms with van der Waals surface area (Å²) in [5.74, 6) is -0.0560. The maximum Gasteiger partial charge on any atom is 0.258 e. The van der Waals surface area contributed by atoms with Gasteiger partial charge in [-0.05, 0) is 49.6 Å². The molecule has 0 bridgehead atoms. The average Bonchev–Trinajstić information content (AvgIpc) is 2.63. The van der Waals surface area contributed by atoms with Gasteiger partial charge in [-0.25, -0.2) is 4.99 Å². The van der Waals surface area contributed by atoms with Gasteiger partial charge in [0.05, 0.1) is 5.69 Å². The molecule has 6 heteroatoms. The molecule has 0 fully saturated rings. The molecule has 0 aliphatic heterocycles. The number of nitrogens with one attached hydrogen (secondary N) is 1. The first-order valence-electron chi connectivity index (χ1n) is 7.44. The Labute approximate surface area is 146 Å². The summed E-state index contributed by atoms with van der Waals surface area (Å²) in [6, 6.07) is 16.6. The van der Waals surface area contributed by atoms with E-state index in [0.717, 1.165) is 5.69 Å². The number of anilines is 1. The maximum absolute atomic E-state index is 12.7. The van der Waals surface area contributed by atoms with Gasteiger partial charge in [-0.15, -0.1) is 0 Å². The highest BCUT2D eigenvalue weighted by atomic mass is 32.2.